The van der Waals surface area contributed by atoms with Crippen LogP contribution in [-0.2, 0) is 14.9 Å². The number of hydrogen-bond acceptors (Lipinski definition) is 4. The summed E-state index contributed by atoms with van der Waals surface area (Å²) in [7, 11) is -3.57. The van der Waals surface area contributed by atoms with Crippen molar-refractivity contribution in [1.29, 1.82) is 0 Å². The minimum atomic E-state index is -3.57. The van der Waals surface area contributed by atoms with E-state index in [1.54, 1.807) is 0 Å². The molecule has 0 aliphatic carbocycles. The minimum absolute atomic E-state index is 0.142. The lowest BCUT2D eigenvalue weighted by molar-refractivity contribution is -0.108. The lowest BCUT2D eigenvalue weighted by Crippen LogP contribution is -2.35. The van der Waals surface area contributed by atoms with E-state index >= 15 is 0 Å². The van der Waals surface area contributed by atoms with E-state index in [2.05, 4.69) is 20.9 Å². The molecule has 2 heterocycles. The number of halogens is 1. The van der Waals surface area contributed by atoms with Gasteiger partial charge in [0, 0.05) is 23.4 Å². The summed E-state index contributed by atoms with van der Waals surface area (Å²) in [6.45, 7) is 0.843. The van der Waals surface area contributed by atoms with Gasteiger partial charge in [0.15, 0.2) is 0 Å². The Kier molecular flexibility index (Phi) is 3.58. The average molecular weight is 307 g/mol. The van der Waals surface area contributed by atoms with Crippen LogP contribution in [0.5, 0.6) is 0 Å². The molecule has 1 aliphatic rings. The van der Waals surface area contributed by atoms with E-state index in [-0.39, 0.29) is 4.90 Å². The summed E-state index contributed by atoms with van der Waals surface area (Å²) in [6, 6.07) is 1.51. The highest BCUT2D eigenvalue weighted by molar-refractivity contribution is 9.10. The molecule has 0 N–H and O–H groups in total. The van der Waals surface area contributed by atoms with Gasteiger partial charge in [0.1, 0.15) is 4.90 Å². The number of aromatic nitrogens is 1. The molecule has 1 fully saturated rings. The summed E-state index contributed by atoms with van der Waals surface area (Å²) in [5.41, 5.74) is 0. The van der Waals surface area contributed by atoms with Gasteiger partial charge in [0.25, 0.3) is 10.0 Å². The van der Waals surface area contributed by atoms with Crippen LogP contribution in [0.1, 0.15) is 12.8 Å². The first-order valence-corrected chi connectivity index (χ1v) is 7.10. The number of hydrogen-bond donors (Lipinski definition) is 0. The summed E-state index contributed by atoms with van der Waals surface area (Å²) >= 11 is 3.19. The molecular formula is C9H11BrN2O3S. The Morgan fingerprint density at radius 3 is 2.81 bits per heavy atom. The average Bonchev–Trinajstić information content (AvgIpc) is 2.30. The zero-order valence-corrected chi connectivity index (χ0v) is 10.9. The van der Waals surface area contributed by atoms with Crippen molar-refractivity contribution in [2.24, 2.45) is 0 Å². The van der Waals surface area contributed by atoms with Gasteiger partial charge in [0.2, 0.25) is 0 Å². The Balaban J connectivity index is 2.30. The van der Waals surface area contributed by atoms with E-state index in [1.165, 1.54) is 18.5 Å². The van der Waals surface area contributed by atoms with Crippen LogP contribution < -0.4 is 0 Å². The molecule has 7 heteroatoms. The molecule has 0 bridgehead atoms. The second-order valence-corrected chi connectivity index (χ2v) is 6.16. The molecule has 88 valence electrons. The maximum absolute atomic E-state index is 12.1. The second-order valence-electron chi connectivity index (χ2n) is 3.41. The summed E-state index contributed by atoms with van der Waals surface area (Å²) < 4.78 is 25.8. The van der Waals surface area contributed by atoms with Crippen LogP contribution in [0.3, 0.4) is 0 Å². The molecular weight excluding hydrogens is 296 g/mol. The first-order chi connectivity index (χ1) is 7.60. The van der Waals surface area contributed by atoms with E-state index in [9.17, 15) is 8.42 Å². The second kappa shape index (κ2) is 4.79. The topological polar surface area (TPSA) is 59.5 Å². The van der Waals surface area contributed by atoms with Crippen LogP contribution in [0.4, 0.5) is 0 Å². The van der Waals surface area contributed by atoms with E-state index in [0.29, 0.717) is 17.6 Å². The van der Waals surface area contributed by atoms with Gasteiger partial charge in [-0.2, -0.15) is 0 Å². The summed E-state index contributed by atoms with van der Waals surface area (Å²) in [5, 5.41) is 0. The number of nitrogens with zero attached hydrogens (tertiary/aromatic N) is 2. The first-order valence-electron chi connectivity index (χ1n) is 4.87. The highest BCUT2D eigenvalue weighted by Crippen LogP contribution is 2.21. The molecule has 5 nitrogen and oxygen atoms in total. The third kappa shape index (κ3) is 2.42. The monoisotopic (exact) mass is 306 g/mol. The van der Waals surface area contributed by atoms with Crippen molar-refractivity contribution in [3.05, 3.63) is 22.9 Å². The standard InChI is InChI=1S/C9H11BrN2O3S/c10-8-5-9(7-11-6-8)16(13,14)12-3-1-2-4-15-12/h5-7H,1-4H2. The Labute approximate surface area is 103 Å². The fraction of sp³-hybridized carbons (Fsp3) is 0.444. The van der Waals surface area contributed by atoms with Gasteiger partial charge in [-0.15, -0.1) is 0 Å². The minimum Gasteiger partial charge on any atom is -0.284 e. The zero-order valence-electron chi connectivity index (χ0n) is 8.47. The molecule has 1 saturated heterocycles. The Hall–Kier alpha value is -0.500. The Bertz CT molecular complexity index is 471. The van der Waals surface area contributed by atoms with Crippen LogP contribution >= 0.6 is 15.9 Å². The quantitative estimate of drug-likeness (QED) is 0.832. The number of sulfonamides is 1. The van der Waals surface area contributed by atoms with Crippen molar-refractivity contribution in [2.45, 2.75) is 17.7 Å². The number of hydroxylamine groups is 1. The summed E-state index contributed by atoms with van der Waals surface area (Å²) in [4.78, 5) is 9.12. The SMILES string of the molecule is O=S(=O)(c1cncc(Br)c1)N1CCCCO1. The zero-order chi connectivity index (χ0) is 11.6. The van der Waals surface area contributed by atoms with E-state index in [4.69, 9.17) is 4.84 Å². The van der Waals surface area contributed by atoms with Crippen LogP contribution in [0.2, 0.25) is 0 Å². The molecule has 0 aromatic carbocycles. The van der Waals surface area contributed by atoms with Crippen molar-refractivity contribution < 1.29 is 13.3 Å². The van der Waals surface area contributed by atoms with Crippen molar-refractivity contribution in [1.82, 2.24) is 9.45 Å². The van der Waals surface area contributed by atoms with Gasteiger partial charge in [-0.25, -0.2) is 8.42 Å². The normalized spacial score (nSPS) is 18.6. The molecule has 2 rings (SSSR count). The van der Waals surface area contributed by atoms with Crippen molar-refractivity contribution in [3.8, 4) is 0 Å². The van der Waals surface area contributed by atoms with Crippen molar-refractivity contribution in [2.75, 3.05) is 13.2 Å². The highest BCUT2D eigenvalue weighted by Gasteiger charge is 2.27. The molecule has 0 atom stereocenters. The van der Waals surface area contributed by atoms with Crippen molar-refractivity contribution >= 4 is 26.0 Å². The van der Waals surface area contributed by atoms with Crippen LogP contribution in [0, 0.1) is 0 Å². The lowest BCUT2D eigenvalue weighted by atomic mass is 10.3. The predicted octanol–water partition coefficient (Wildman–Crippen LogP) is 1.56. The number of pyridine rings is 1. The molecule has 0 saturated carbocycles. The van der Waals surface area contributed by atoms with Gasteiger partial charge < -0.3 is 0 Å². The Morgan fingerprint density at radius 1 is 1.38 bits per heavy atom. The molecule has 1 aromatic heterocycles. The largest absolute Gasteiger partial charge is 0.284 e. The van der Waals surface area contributed by atoms with Gasteiger partial charge in [0.05, 0.1) is 6.61 Å². The van der Waals surface area contributed by atoms with Crippen LogP contribution in [-0.4, -0.2) is 31.0 Å². The van der Waals surface area contributed by atoms with Crippen LogP contribution in [0.25, 0.3) is 0 Å². The molecule has 0 amide bonds. The Morgan fingerprint density at radius 2 is 2.19 bits per heavy atom. The fourth-order valence-electron chi connectivity index (χ4n) is 1.41. The first kappa shape index (κ1) is 12.0. The summed E-state index contributed by atoms with van der Waals surface area (Å²) in [5.74, 6) is 0. The van der Waals surface area contributed by atoms with Crippen molar-refractivity contribution in [3.63, 3.8) is 0 Å². The van der Waals surface area contributed by atoms with Crippen LogP contribution in [0.15, 0.2) is 27.8 Å². The van der Waals surface area contributed by atoms with Gasteiger partial charge >= 0.3 is 0 Å². The third-order valence-corrected chi connectivity index (χ3v) is 4.29. The maximum Gasteiger partial charge on any atom is 0.266 e. The molecule has 0 spiro atoms. The van der Waals surface area contributed by atoms with Gasteiger partial charge in [-0.05, 0) is 34.8 Å². The van der Waals surface area contributed by atoms with E-state index < -0.39 is 10.0 Å². The lowest BCUT2D eigenvalue weighted by Gasteiger charge is -2.25. The molecule has 0 unspecified atom stereocenters. The van der Waals surface area contributed by atoms with Gasteiger partial charge in [-0.1, -0.05) is 4.47 Å². The molecule has 0 radical (unpaired) electrons. The molecule has 1 aromatic rings. The summed E-state index contributed by atoms with van der Waals surface area (Å²) in [6.07, 6.45) is 4.57. The van der Waals surface area contributed by atoms with Gasteiger partial charge in [-0.3, -0.25) is 9.82 Å². The highest BCUT2D eigenvalue weighted by atomic mass is 79.9. The maximum atomic E-state index is 12.1. The smallest absolute Gasteiger partial charge is 0.266 e. The third-order valence-electron chi connectivity index (χ3n) is 2.22. The van der Waals surface area contributed by atoms with E-state index in [0.717, 1.165) is 17.3 Å². The predicted molar refractivity (Wildman–Crippen MR) is 61.0 cm³/mol. The molecule has 1 aliphatic heterocycles. The van der Waals surface area contributed by atoms with E-state index in [1.807, 2.05) is 0 Å². The molecule has 16 heavy (non-hydrogen) atoms. The number of rotatable bonds is 2. The fourth-order valence-corrected chi connectivity index (χ4v) is 3.22.